The number of benzene rings is 1. The van der Waals surface area contributed by atoms with Gasteiger partial charge in [-0.05, 0) is 17.7 Å². The molecule has 5 nitrogen and oxygen atoms in total. The second-order valence-corrected chi connectivity index (χ2v) is 5.17. The molecule has 0 saturated carbocycles. The van der Waals surface area contributed by atoms with E-state index in [2.05, 4.69) is 10.3 Å². The van der Waals surface area contributed by atoms with Crippen molar-refractivity contribution in [3.8, 4) is 11.5 Å². The van der Waals surface area contributed by atoms with Crippen LogP contribution in [0.2, 0.25) is 5.02 Å². The lowest BCUT2D eigenvalue weighted by Gasteiger charge is -2.11. The van der Waals surface area contributed by atoms with Crippen LogP contribution in [0.1, 0.15) is 17.7 Å². The Morgan fingerprint density at radius 3 is 2.90 bits per heavy atom. The van der Waals surface area contributed by atoms with Crippen LogP contribution >= 0.6 is 23.2 Å². The number of hydrogen-bond acceptors (Lipinski definition) is 4. The summed E-state index contributed by atoms with van der Waals surface area (Å²) in [4.78, 5) is 0. The number of hydrogen-bond donors (Lipinski definition) is 0. The zero-order valence-corrected chi connectivity index (χ0v) is 12.2. The molecule has 0 saturated heterocycles. The van der Waals surface area contributed by atoms with Gasteiger partial charge in [-0.15, -0.1) is 16.7 Å². The van der Waals surface area contributed by atoms with Crippen molar-refractivity contribution in [2.24, 2.45) is 0 Å². The van der Waals surface area contributed by atoms with Gasteiger partial charge in [-0.25, -0.2) is 4.68 Å². The Balaban J connectivity index is 1.86. The minimum atomic E-state index is 0.349. The van der Waals surface area contributed by atoms with E-state index in [0.717, 1.165) is 17.7 Å². The zero-order chi connectivity index (χ0) is 13.9. The summed E-state index contributed by atoms with van der Waals surface area (Å²) in [6.07, 6.45) is 2.66. The number of rotatable bonds is 3. The highest BCUT2D eigenvalue weighted by Gasteiger charge is 2.16. The van der Waals surface area contributed by atoms with Crippen molar-refractivity contribution in [1.29, 1.82) is 0 Å². The van der Waals surface area contributed by atoms with Crippen LogP contribution in [-0.2, 0) is 12.4 Å². The van der Waals surface area contributed by atoms with E-state index in [1.807, 2.05) is 18.3 Å². The van der Waals surface area contributed by atoms with Gasteiger partial charge < -0.3 is 9.47 Å². The van der Waals surface area contributed by atoms with Crippen molar-refractivity contribution < 1.29 is 9.47 Å². The molecule has 0 spiro atoms. The van der Waals surface area contributed by atoms with Gasteiger partial charge in [0.05, 0.1) is 42.6 Å². The van der Waals surface area contributed by atoms with Gasteiger partial charge in [0.15, 0.2) is 11.5 Å². The number of ether oxygens (including phenoxy) is 2. The smallest absolute Gasteiger partial charge is 0.179 e. The monoisotopic (exact) mass is 313 g/mol. The van der Waals surface area contributed by atoms with Crippen LogP contribution in [0.5, 0.6) is 11.5 Å². The molecule has 20 heavy (non-hydrogen) atoms. The van der Waals surface area contributed by atoms with E-state index in [0.29, 0.717) is 42.2 Å². The molecular weight excluding hydrogens is 301 g/mol. The van der Waals surface area contributed by atoms with Gasteiger partial charge in [0.2, 0.25) is 0 Å². The quantitative estimate of drug-likeness (QED) is 0.818. The van der Waals surface area contributed by atoms with Gasteiger partial charge in [0, 0.05) is 6.42 Å². The minimum Gasteiger partial charge on any atom is -0.489 e. The highest BCUT2D eigenvalue weighted by Crippen LogP contribution is 2.38. The molecule has 1 aliphatic rings. The first-order valence-electron chi connectivity index (χ1n) is 6.29. The largest absolute Gasteiger partial charge is 0.489 e. The Labute approximate surface area is 126 Å². The second-order valence-electron chi connectivity index (χ2n) is 4.50. The van der Waals surface area contributed by atoms with Crippen molar-refractivity contribution in [2.75, 3.05) is 13.2 Å². The molecule has 0 bridgehead atoms. The maximum atomic E-state index is 6.25. The predicted molar refractivity (Wildman–Crippen MR) is 75.7 cm³/mol. The maximum Gasteiger partial charge on any atom is 0.179 e. The van der Waals surface area contributed by atoms with Crippen molar-refractivity contribution in [3.63, 3.8) is 0 Å². The molecule has 0 radical (unpaired) electrons. The Morgan fingerprint density at radius 1 is 1.25 bits per heavy atom. The first-order valence-corrected chi connectivity index (χ1v) is 7.20. The third-order valence-corrected chi connectivity index (χ3v) is 3.48. The molecule has 1 aromatic heterocycles. The lowest BCUT2D eigenvalue weighted by Crippen LogP contribution is -2.02. The summed E-state index contributed by atoms with van der Waals surface area (Å²) in [6.45, 7) is 1.81. The van der Waals surface area contributed by atoms with Crippen molar-refractivity contribution in [3.05, 3.63) is 34.6 Å². The van der Waals surface area contributed by atoms with Gasteiger partial charge in [-0.3, -0.25) is 0 Å². The Morgan fingerprint density at radius 2 is 2.10 bits per heavy atom. The number of fused-ring (bicyclic) bond motifs is 1. The van der Waals surface area contributed by atoms with Crippen LogP contribution in [0.4, 0.5) is 0 Å². The molecular formula is C13H13Cl2N3O2. The van der Waals surface area contributed by atoms with Crippen molar-refractivity contribution in [2.45, 2.75) is 18.8 Å². The first kappa shape index (κ1) is 13.5. The number of halogens is 2. The van der Waals surface area contributed by atoms with Gasteiger partial charge >= 0.3 is 0 Å². The number of alkyl halides is 1. The number of nitrogens with zero attached hydrogens (tertiary/aromatic N) is 3. The predicted octanol–water partition coefficient (Wildman–Crippen LogP) is 2.88. The highest BCUT2D eigenvalue weighted by molar-refractivity contribution is 6.32. The highest BCUT2D eigenvalue weighted by atomic mass is 35.5. The van der Waals surface area contributed by atoms with Gasteiger partial charge in [-0.2, -0.15) is 0 Å². The lowest BCUT2D eigenvalue weighted by molar-refractivity contribution is 0.297. The molecule has 106 valence electrons. The molecule has 0 fully saturated rings. The summed E-state index contributed by atoms with van der Waals surface area (Å²) < 4.78 is 13.0. The first-order chi connectivity index (χ1) is 9.76. The SMILES string of the molecule is ClCc1cn(Cc2cc(Cl)c3c(c2)OCCCO3)nn1. The molecule has 2 aromatic rings. The topological polar surface area (TPSA) is 49.2 Å². The van der Waals surface area contributed by atoms with Crippen LogP contribution in [0, 0.1) is 0 Å². The average Bonchev–Trinajstić information content (AvgIpc) is 2.74. The van der Waals surface area contributed by atoms with Crippen LogP contribution in [-0.4, -0.2) is 28.2 Å². The van der Waals surface area contributed by atoms with Crippen molar-refractivity contribution in [1.82, 2.24) is 15.0 Å². The van der Waals surface area contributed by atoms with E-state index in [-0.39, 0.29) is 0 Å². The van der Waals surface area contributed by atoms with Crippen LogP contribution in [0.25, 0.3) is 0 Å². The third kappa shape index (κ3) is 2.83. The standard InChI is InChI=1S/C13H13Cl2N3O2/c14-6-10-8-18(17-16-10)7-9-4-11(15)13-12(5-9)19-2-1-3-20-13/h4-5,8H,1-3,6-7H2. The van der Waals surface area contributed by atoms with E-state index in [1.54, 1.807) is 4.68 Å². The fourth-order valence-corrected chi connectivity index (χ4v) is 2.45. The Bertz CT molecular complexity index is 616. The summed E-state index contributed by atoms with van der Waals surface area (Å²) in [5.74, 6) is 1.65. The molecule has 0 aliphatic carbocycles. The third-order valence-electron chi connectivity index (χ3n) is 2.93. The fraction of sp³-hybridized carbons (Fsp3) is 0.385. The van der Waals surface area contributed by atoms with E-state index < -0.39 is 0 Å². The molecule has 2 heterocycles. The summed E-state index contributed by atoms with van der Waals surface area (Å²) in [5.41, 5.74) is 1.72. The Hall–Kier alpha value is -1.46. The average molecular weight is 314 g/mol. The van der Waals surface area contributed by atoms with E-state index in [1.165, 1.54) is 0 Å². The number of aromatic nitrogens is 3. The van der Waals surface area contributed by atoms with Crippen LogP contribution in [0.3, 0.4) is 0 Å². The van der Waals surface area contributed by atoms with E-state index in [9.17, 15) is 0 Å². The van der Waals surface area contributed by atoms with Crippen LogP contribution in [0.15, 0.2) is 18.3 Å². The molecule has 3 rings (SSSR count). The fourth-order valence-electron chi connectivity index (χ4n) is 2.04. The van der Waals surface area contributed by atoms with E-state index in [4.69, 9.17) is 32.7 Å². The molecule has 1 aliphatic heterocycles. The zero-order valence-electron chi connectivity index (χ0n) is 10.7. The molecule has 0 unspecified atom stereocenters. The van der Waals surface area contributed by atoms with Gasteiger partial charge in [0.25, 0.3) is 0 Å². The van der Waals surface area contributed by atoms with Gasteiger partial charge in [-0.1, -0.05) is 16.8 Å². The van der Waals surface area contributed by atoms with E-state index >= 15 is 0 Å². The van der Waals surface area contributed by atoms with Gasteiger partial charge in [0.1, 0.15) is 0 Å². The minimum absolute atomic E-state index is 0.349. The molecule has 1 aromatic carbocycles. The molecule has 7 heteroatoms. The molecule has 0 amide bonds. The van der Waals surface area contributed by atoms with Crippen LogP contribution < -0.4 is 9.47 Å². The Kier molecular flexibility index (Phi) is 3.98. The molecule has 0 atom stereocenters. The summed E-state index contributed by atoms with van der Waals surface area (Å²) in [6, 6.07) is 3.78. The maximum absolute atomic E-state index is 6.25. The molecule has 0 N–H and O–H groups in total. The van der Waals surface area contributed by atoms with Crippen molar-refractivity contribution >= 4 is 23.2 Å². The summed E-state index contributed by atoms with van der Waals surface area (Å²) in [7, 11) is 0. The lowest BCUT2D eigenvalue weighted by atomic mass is 10.2. The second kappa shape index (κ2) is 5.89. The summed E-state index contributed by atoms with van der Waals surface area (Å²) >= 11 is 12.0. The summed E-state index contributed by atoms with van der Waals surface area (Å²) in [5, 5.41) is 8.51. The normalized spacial score (nSPS) is 14.1.